The summed E-state index contributed by atoms with van der Waals surface area (Å²) in [4.78, 5) is 39.9. The molecule has 1 fully saturated rings. The first-order chi connectivity index (χ1) is 15.6. The van der Waals surface area contributed by atoms with E-state index < -0.39 is 24.0 Å². The van der Waals surface area contributed by atoms with Crippen LogP contribution in [-0.2, 0) is 32.1 Å². The topological polar surface area (TPSA) is 72.9 Å². The van der Waals surface area contributed by atoms with E-state index in [4.69, 9.17) is 9.47 Å². The van der Waals surface area contributed by atoms with Gasteiger partial charge in [-0.15, -0.1) is 0 Å². The molecule has 0 aromatic heterocycles. The minimum Gasteiger partial charge on any atom is -0.447 e. The van der Waals surface area contributed by atoms with Gasteiger partial charge in [-0.3, -0.25) is 9.59 Å². The molecule has 2 amide bonds. The molecule has 6 nitrogen and oxygen atoms in total. The fraction of sp³-hybridized carbons (Fsp3) is 0.423. The Hall–Kier alpha value is -2.99. The van der Waals surface area contributed by atoms with Crippen molar-refractivity contribution in [3.05, 3.63) is 71.8 Å². The Kier molecular flexibility index (Phi) is 8.99. The molecule has 6 heteroatoms. The third-order valence-electron chi connectivity index (χ3n) is 5.65. The summed E-state index contributed by atoms with van der Waals surface area (Å²) in [6.45, 7) is 2.34. The van der Waals surface area contributed by atoms with Crippen molar-refractivity contribution in [3.63, 3.8) is 0 Å². The van der Waals surface area contributed by atoms with Crippen LogP contribution in [0.15, 0.2) is 60.7 Å². The molecule has 0 spiro atoms. The van der Waals surface area contributed by atoms with Crippen LogP contribution >= 0.6 is 0 Å². The summed E-state index contributed by atoms with van der Waals surface area (Å²) in [5.74, 6) is -1.67. The number of amides is 2. The van der Waals surface area contributed by atoms with Gasteiger partial charge in [-0.25, -0.2) is 9.69 Å². The fourth-order valence-electron chi connectivity index (χ4n) is 3.90. The second-order valence-electron chi connectivity index (χ2n) is 8.12. The SMILES string of the molecule is CCCCCC(C(=O)COCc1ccccc1)C(=O)N1C(=O)OCC1Cc1ccccc1. The Morgan fingerprint density at radius 3 is 2.34 bits per heavy atom. The Bertz CT molecular complexity index is 884. The smallest absolute Gasteiger partial charge is 0.417 e. The number of rotatable bonds is 12. The van der Waals surface area contributed by atoms with Crippen LogP contribution in [0.4, 0.5) is 4.79 Å². The van der Waals surface area contributed by atoms with Crippen molar-refractivity contribution in [2.75, 3.05) is 13.2 Å². The van der Waals surface area contributed by atoms with E-state index in [-0.39, 0.29) is 19.0 Å². The number of carbonyl (C=O) groups is 3. The van der Waals surface area contributed by atoms with E-state index >= 15 is 0 Å². The maximum Gasteiger partial charge on any atom is 0.417 e. The highest BCUT2D eigenvalue weighted by atomic mass is 16.6. The summed E-state index contributed by atoms with van der Waals surface area (Å²) in [6, 6.07) is 18.8. The Balaban J connectivity index is 1.67. The quantitative estimate of drug-likeness (QED) is 0.360. The van der Waals surface area contributed by atoms with Gasteiger partial charge in [0.25, 0.3) is 0 Å². The van der Waals surface area contributed by atoms with Gasteiger partial charge in [0.05, 0.1) is 18.6 Å². The first-order valence-corrected chi connectivity index (χ1v) is 11.3. The zero-order valence-corrected chi connectivity index (χ0v) is 18.6. The number of imide groups is 1. The number of Topliss-reactive ketones (excluding diaryl/α,β-unsaturated/α-hetero) is 1. The number of hydrogen-bond acceptors (Lipinski definition) is 5. The van der Waals surface area contributed by atoms with E-state index in [2.05, 4.69) is 6.92 Å². The van der Waals surface area contributed by atoms with Crippen LogP contribution in [0.3, 0.4) is 0 Å². The first kappa shape index (κ1) is 23.7. The lowest BCUT2D eigenvalue weighted by Crippen LogP contribution is -2.46. The summed E-state index contributed by atoms with van der Waals surface area (Å²) in [7, 11) is 0. The zero-order chi connectivity index (χ0) is 22.8. The normalized spacial score (nSPS) is 16.6. The van der Waals surface area contributed by atoms with E-state index in [1.807, 2.05) is 60.7 Å². The van der Waals surface area contributed by atoms with Crippen molar-refractivity contribution in [1.82, 2.24) is 4.90 Å². The third kappa shape index (κ3) is 6.50. The molecule has 2 unspecified atom stereocenters. The molecule has 1 heterocycles. The highest BCUT2D eigenvalue weighted by Gasteiger charge is 2.42. The largest absolute Gasteiger partial charge is 0.447 e. The summed E-state index contributed by atoms with van der Waals surface area (Å²) in [6.07, 6.45) is 2.86. The number of unbranched alkanes of at least 4 members (excludes halogenated alkanes) is 2. The predicted molar refractivity (Wildman–Crippen MR) is 121 cm³/mol. The van der Waals surface area contributed by atoms with Crippen molar-refractivity contribution < 1.29 is 23.9 Å². The fourth-order valence-corrected chi connectivity index (χ4v) is 3.90. The lowest BCUT2D eigenvalue weighted by atomic mass is 9.94. The van der Waals surface area contributed by atoms with Crippen molar-refractivity contribution >= 4 is 17.8 Å². The predicted octanol–water partition coefficient (Wildman–Crippen LogP) is 4.56. The molecule has 170 valence electrons. The molecule has 1 aliphatic heterocycles. The molecule has 0 N–H and O–H groups in total. The van der Waals surface area contributed by atoms with Crippen LogP contribution in [0, 0.1) is 5.92 Å². The Morgan fingerprint density at radius 1 is 1.03 bits per heavy atom. The minimum atomic E-state index is -0.902. The van der Waals surface area contributed by atoms with Crippen molar-refractivity contribution in [3.8, 4) is 0 Å². The standard InChI is InChI=1S/C26H31NO5/c1-2-3-6-15-23(24(28)19-31-17-21-13-9-5-10-14-21)25(29)27-22(18-32-26(27)30)16-20-11-7-4-8-12-20/h4-5,7-14,22-23H,2-3,6,15-19H2,1H3. The summed E-state index contributed by atoms with van der Waals surface area (Å²) in [5.41, 5.74) is 1.97. The van der Waals surface area contributed by atoms with Crippen LogP contribution in [0.25, 0.3) is 0 Å². The van der Waals surface area contributed by atoms with Gasteiger partial charge in [0.15, 0.2) is 5.78 Å². The van der Waals surface area contributed by atoms with Gasteiger partial charge in [0, 0.05) is 0 Å². The Morgan fingerprint density at radius 2 is 1.69 bits per heavy atom. The highest BCUT2D eigenvalue weighted by Crippen LogP contribution is 2.23. The molecule has 2 aromatic rings. The lowest BCUT2D eigenvalue weighted by Gasteiger charge is -2.24. The van der Waals surface area contributed by atoms with E-state index in [1.54, 1.807) is 0 Å². The summed E-state index contributed by atoms with van der Waals surface area (Å²) >= 11 is 0. The van der Waals surface area contributed by atoms with E-state index in [1.165, 1.54) is 0 Å². The van der Waals surface area contributed by atoms with Crippen molar-refractivity contribution in [2.24, 2.45) is 5.92 Å². The average Bonchev–Trinajstić information content (AvgIpc) is 3.17. The second kappa shape index (κ2) is 12.2. The van der Waals surface area contributed by atoms with Crippen LogP contribution < -0.4 is 0 Å². The molecule has 0 radical (unpaired) electrons. The molecule has 3 rings (SSSR count). The Labute approximate surface area is 189 Å². The van der Waals surface area contributed by atoms with Crippen molar-refractivity contribution in [1.29, 1.82) is 0 Å². The molecular formula is C26H31NO5. The van der Waals surface area contributed by atoms with Crippen LogP contribution in [0.5, 0.6) is 0 Å². The first-order valence-electron chi connectivity index (χ1n) is 11.3. The van der Waals surface area contributed by atoms with E-state index in [0.29, 0.717) is 19.4 Å². The number of benzene rings is 2. The number of carbonyl (C=O) groups excluding carboxylic acids is 3. The molecular weight excluding hydrogens is 406 g/mol. The molecule has 2 atom stereocenters. The molecule has 1 saturated heterocycles. The molecule has 0 saturated carbocycles. The van der Waals surface area contributed by atoms with Crippen LogP contribution in [0.2, 0.25) is 0 Å². The van der Waals surface area contributed by atoms with Gasteiger partial charge >= 0.3 is 6.09 Å². The van der Waals surface area contributed by atoms with Crippen molar-refractivity contribution in [2.45, 2.75) is 51.7 Å². The van der Waals surface area contributed by atoms with Gasteiger partial charge in [-0.1, -0.05) is 86.8 Å². The molecule has 0 aliphatic carbocycles. The maximum absolute atomic E-state index is 13.4. The number of hydrogen-bond donors (Lipinski definition) is 0. The third-order valence-corrected chi connectivity index (χ3v) is 5.65. The number of cyclic esters (lactones) is 1. The van der Waals surface area contributed by atoms with Crippen LogP contribution in [-0.4, -0.2) is 41.9 Å². The van der Waals surface area contributed by atoms with Gasteiger partial charge < -0.3 is 9.47 Å². The summed E-state index contributed by atoms with van der Waals surface area (Å²) in [5, 5.41) is 0. The second-order valence-corrected chi connectivity index (χ2v) is 8.12. The van der Waals surface area contributed by atoms with Gasteiger partial charge in [0.2, 0.25) is 5.91 Å². The maximum atomic E-state index is 13.4. The molecule has 2 aromatic carbocycles. The number of ketones is 1. The molecule has 0 bridgehead atoms. The van der Waals surface area contributed by atoms with Crippen LogP contribution in [0.1, 0.15) is 43.7 Å². The van der Waals surface area contributed by atoms with E-state index in [9.17, 15) is 14.4 Å². The number of ether oxygens (including phenoxy) is 2. The summed E-state index contributed by atoms with van der Waals surface area (Å²) < 4.78 is 10.8. The highest BCUT2D eigenvalue weighted by molar-refractivity contribution is 6.07. The molecule has 1 aliphatic rings. The average molecular weight is 438 g/mol. The van der Waals surface area contributed by atoms with Gasteiger partial charge in [-0.05, 0) is 24.0 Å². The monoisotopic (exact) mass is 437 g/mol. The van der Waals surface area contributed by atoms with Gasteiger partial charge in [0.1, 0.15) is 13.2 Å². The number of nitrogens with zero attached hydrogens (tertiary/aromatic N) is 1. The molecule has 32 heavy (non-hydrogen) atoms. The zero-order valence-electron chi connectivity index (χ0n) is 18.6. The van der Waals surface area contributed by atoms with Gasteiger partial charge in [-0.2, -0.15) is 0 Å². The van der Waals surface area contributed by atoms with E-state index in [0.717, 1.165) is 35.3 Å². The minimum absolute atomic E-state index is 0.139. The lowest BCUT2D eigenvalue weighted by molar-refractivity contribution is -0.142.